The molecule has 0 aliphatic carbocycles. The molecule has 1 saturated heterocycles. The topological polar surface area (TPSA) is 87.2 Å². The van der Waals surface area contributed by atoms with Gasteiger partial charge in [0.15, 0.2) is 11.5 Å². The molecule has 2 aliphatic heterocycles. The van der Waals surface area contributed by atoms with E-state index in [0.29, 0.717) is 17.2 Å². The van der Waals surface area contributed by atoms with E-state index in [2.05, 4.69) is 31.7 Å². The fourth-order valence-corrected chi connectivity index (χ4v) is 5.85. The summed E-state index contributed by atoms with van der Waals surface area (Å²) in [5, 5.41) is 5.22. The lowest BCUT2D eigenvalue weighted by Gasteiger charge is -2.33. The van der Waals surface area contributed by atoms with Gasteiger partial charge in [0, 0.05) is 32.9 Å². The molecule has 4 aromatic rings. The number of benzene rings is 2. The molecule has 1 spiro atoms. The number of nitrogens with one attached hydrogen (secondary N) is 2. The van der Waals surface area contributed by atoms with Gasteiger partial charge in [-0.05, 0) is 42.0 Å². The lowest BCUT2D eigenvalue weighted by molar-refractivity contribution is -0.134. The van der Waals surface area contributed by atoms with Crippen LogP contribution < -0.4 is 10.7 Å². The van der Waals surface area contributed by atoms with Gasteiger partial charge in [0.2, 0.25) is 4.87 Å². The Morgan fingerprint density at radius 2 is 1.91 bits per heavy atom. The first-order valence-electron chi connectivity index (χ1n) is 10.2. The number of aromatic nitrogens is 2. The van der Waals surface area contributed by atoms with Crippen LogP contribution in [0.1, 0.15) is 5.56 Å². The lowest BCUT2D eigenvalue weighted by Crippen LogP contribution is -2.50. The van der Waals surface area contributed by atoms with Crippen molar-refractivity contribution in [2.75, 3.05) is 16.5 Å². The summed E-state index contributed by atoms with van der Waals surface area (Å²) >= 11 is 4.78. The molecule has 0 radical (unpaired) electrons. The first kappa shape index (κ1) is 20.2. The van der Waals surface area contributed by atoms with Crippen molar-refractivity contribution in [3.05, 3.63) is 83.0 Å². The second-order valence-electron chi connectivity index (χ2n) is 7.72. The van der Waals surface area contributed by atoms with Gasteiger partial charge in [-0.2, -0.15) is 0 Å². The Morgan fingerprint density at radius 3 is 2.76 bits per heavy atom. The zero-order valence-electron chi connectivity index (χ0n) is 17.1. The Kier molecular flexibility index (Phi) is 4.63. The van der Waals surface area contributed by atoms with Crippen molar-refractivity contribution in [3.63, 3.8) is 0 Å². The van der Waals surface area contributed by atoms with Gasteiger partial charge in [-0.3, -0.25) is 15.0 Å². The number of nitrogens with zero attached hydrogens (tertiary/aromatic N) is 3. The molecule has 162 valence electrons. The quantitative estimate of drug-likeness (QED) is 0.407. The number of hydrazine groups is 1. The lowest BCUT2D eigenvalue weighted by atomic mass is 10.0. The maximum atomic E-state index is 13.3. The van der Waals surface area contributed by atoms with Crippen molar-refractivity contribution in [2.45, 2.75) is 4.87 Å². The minimum atomic E-state index is -1.23. The molecule has 6 rings (SSSR count). The predicted octanol–water partition coefficient (Wildman–Crippen LogP) is 4.77. The second-order valence-corrected chi connectivity index (χ2v) is 9.80. The fourth-order valence-electron chi connectivity index (χ4n) is 4.25. The van der Waals surface area contributed by atoms with E-state index < -0.39 is 4.87 Å². The van der Waals surface area contributed by atoms with Crippen molar-refractivity contribution < 1.29 is 9.59 Å². The first-order valence-corrected chi connectivity index (χ1v) is 12.0. The third-order valence-electron chi connectivity index (χ3n) is 5.76. The number of hydrogen-bond donors (Lipinski definition) is 2. The van der Waals surface area contributed by atoms with Crippen LogP contribution in [-0.2, 0) is 14.5 Å². The second kappa shape index (κ2) is 7.57. The number of anilines is 2. The summed E-state index contributed by atoms with van der Waals surface area (Å²) in [6.45, 7) is 0. The molecule has 9 heteroatoms. The van der Waals surface area contributed by atoms with E-state index in [9.17, 15) is 9.59 Å². The van der Waals surface area contributed by atoms with E-state index in [1.165, 1.54) is 16.8 Å². The molecule has 2 N–H and O–H groups in total. The highest BCUT2D eigenvalue weighted by Crippen LogP contribution is 2.52. The van der Waals surface area contributed by atoms with E-state index in [-0.39, 0.29) is 17.6 Å². The standard InChI is InChI=1S/C24H16BrN5O2S/c25-16-8-9-19-18(12-16)24(23(32)27-19)30(20(31)13-33-24)29-22-17(14-5-2-1-3-6-14)11-15-7-4-10-26-21(15)28-22/h1-12H,13H2,(H,27,32)(H,26,28,29). The van der Waals surface area contributed by atoms with Crippen LogP contribution in [0.15, 0.2) is 77.4 Å². The maximum Gasteiger partial charge on any atom is 0.267 e. The van der Waals surface area contributed by atoms with Crippen LogP contribution in [0.5, 0.6) is 0 Å². The largest absolute Gasteiger partial charge is 0.322 e. The van der Waals surface area contributed by atoms with Crippen molar-refractivity contribution >= 4 is 62.0 Å². The first-order chi connectivity index (χ1) is 16.1. The highest BCUT2D eigenvalue weighted by Gasteiger charge is 2.58. The van der Waals surface area contributed by atoms with Crippen molar-refractivity contribution in [1.29, 1.82) is 0 Å². The van der Waals surface area contributed by atoms with Gasteiger partial charge in [0.05, 0.1) is 5.75 Å². The monoisotopic (exact) mass is 517 g/mol. The van der Waals surface area contributed by atoms with Gasteiger partial charge in [-0.1, -0.05) is 46.3 Å². The molecule has 2 aliphatic rings. The maximum absolute atomic E-state index is 13.3. The summed E-state index contributed by atoms with van der Waals surface area (Å²) in [5.74, 6) is 0.154. The molecule has 2 aromatic heterocycles. The zero-order valence-corrected chi connectivity index (χ0v) is 19.5. The number of carbonyl (C=O) groups excluding carboxylic acids is 2. The highest BCUT2D eigenvalue weighted by atomic mass is 79.9. The molecule has 4 heterocycles. The third kappa shape index (κ3) is 3.11. The molecular weight excluding hydrogens is 502 g/mol. The molecule has 1 unspecified atom stereocenters. The minimum Gasteiger partial charge on any atom is -0.322 e. The Balaban J connectivity index is 1.52. The van der Waals surface area contributed by atoms with E-state index >= 15 is 0 Å². The fraction of sp³-hybridized carbons (Fsp3) is 0.0833. The van der Waals surface area contributed by atoms with Crippen molar-refractivity contribution in [2.24, 2.45) is 0 Å². The molecule has 7 nitrogen and oxygen atoms in total. The number of halogens is 1. The zero-order chi connectivity index (χ0) is 22.6. The van der Waals surface area contributed by atoms with E-state index in [1.807, 2.05) is 66.7 Å². The number of pyridine rings is 2. The Bertz CT molecular complexity index is 1450. The Hall–Kier alpha value is -3.43. The smallest absolute Gasteiger partial charge is 0.267 e. The summed E-state index contributed by atoms with van der Waals surface area (Å²) < 4.78 is 0.829. The average Bonchev–Trinajstić information content (AvgIpc) is 3.31. The summed E-state index contributed by atoms with van der Waals surface area (Å²) in [6, 6.07) is 21.2. The summed E-state index contributed by atoms with van der Waals surface area (Å²) in [5.41, 5.74) is 6.92. The van der Waals surface area contributed by atoms with Gasteiger partial charge >= 0.3 is 0 Å². The third-order valence-corrected chi connectivity index (χ3v) is 7.65. The number of hydrogen-bond acceptors (Lipinski definition) is 6. The number of fused-ring (bicyclic) bond motifs is 3. The van der Waals surface area contributed by atoms with E-state index in [4.69, 9.17) is 4.98 Å². The SMILES string of the molecule is O=C1CSC2(C(=O)Nc3ccc(Br)cc32)N1Nc1nc2ncccc2cc1-c1ccccc1. The highest BCUT2D eigenvalue weighted by molar-refractivity contribution is 9.10. The number of carbonyl (C=O) groups is 2. The van der Waals surface area contributed by atoms with E-state index in [0.717, 1.165) is 26.5 Å². The van der Waals surface area contributed by atoms with Gasteiger partial charge in [0.25, 0.3) is 11.8 Å². The van der Waals surface area contributed by atoms with Gasteiger partial charge in [-0.25, -0.2) is 15.0 Å². The van der Waals surface area contributed by atoms with Crippen molar-refractivity contribution in [1.82, 2.24) is 15.0 Å². The minimum absolute atomic E-state index is 0.166. The molecule has 1 atom stereocenters. The van der Waals surface area contributed by atoms with Crippen LogP contribution in [0, 0.1) is 0 Å². The molecule has 2 amide bonds. The Labute approximate surface area is 201 Å². The van der Waals surface area contributed by atoms with Gasteiger partial charge in [0.1, 0.15) is 0 Å². The number of amides is 2. The van der Waals surface area contributed by atoms with Crippen LogP contribution in [0.25, 0.3) is 22.2 Å². The Morgan fingerprint density at radius 1 is 1.06 bits per heavy atom. The van der Waals surface area contributed by atoms with E-state index in [1.54, 1.807) is 6.20 Å². The van der Waals surface area contributed by atoms with Crippen LogP contribution >= 0.6 is 27.7 Å². The summed E-state index contributed by atoms with van der Waals surface area (Å²) in [7, 11) is 0. The summed E-state index contributed by atoms with van der Waals surface area (Å²) in [4.78, 5) is 34.2. The molecule has 33 heavy (non-hydrogen) atoms. The predicted molar refractivity (Wildman–Crippen MR) is 132 cm³/mol. The summed E-state index contributed by atoms with van der Waals surface area (Å²) in [6.07, 6.45) is 1.68. The normalized spacial score (nSPS) is 19.2. The number of thioether (sulfide) groups is 1. The van der Waals surface area contributed by atoms with Crippen LogP contribution in [-0.4, -0.2) is 32.5 Å². The molecule has 1 fully saturated rings. The van der Waals surface area contributed by atoms with Crippen LogP contribution in [0.3, 0.4) is 0 Å². The van der Waals surface area contributed by atoms with Crippen LogP contribution in [0.2, 0.25) is 0 Å². The van der Waals surface area contributed by atoms with Gasteiger partial charge in [-0.15, -0.1) is 11.8 Å². The molecule has 0 bridgehead atoms. The molecular formula is C24H16BrN5O2S. The molecule has 0 saturated carbocycles. The number of rotatable bonds is 3. The van der Waals surface area contributed by atoms with Crippen LogP contribution in [0.4, 0.5) is 11.5 Å². The van der Waals surface area contributed by atoms with Crippen molar-refractivity contribution in [3.8, 4) is 11.1 Å². The average molecular weight is 518 g/mol. The molecule has 2 aromatic carbocycles. The van der Waals surface area contributed by atoms with Gasteiger partial charge < -0.3 is 5.32 Å².